The Kier molecular flexibility index (Phi) is 11.7. The van der Waals surface area contributed by atoms with E-state index in [1.54, 1.807) is 77.8 Å². The highest BCUT2D eigenvalue weighted by Crippen LogP contribution is 2.38. The third-order valence-electron chi connectivity index (χ3n) is 10.2. The van der Waals surface area contributed by atoms with Crippen molar-refractivity contribution in [2.24, 2.45) is 0 Å². The fraction of sp³-hybridized carbons (Fsp3) is 0.0638. The number of pyridine rings is 2. The van der Waals surface area contributed by atoms with Gasteiger partial charge in [0.2, 0.25) is 11.8 Å². The van der Waals surface area contributed by atoms with Crippen LogP contribution >= 0.6 is 31.9 Å². The minimum Gasteiger partial charge on any atom is -0.481 e. The Labute approximate surface area is 385 Å². The zero-order valence-electron chi connectivity index (χ0n) is 34.1. The smallest absolute Gasteiger partial charge is 0.309 e. The van der Waals surface area contributed by atoms with Crippen LogP contribution in [0.4, 0.5) is 11.6 Å². The normalized spacial score (nSPS) is 11.1. The number of methoxy groups -OCH3 is 1. The number of esters is 1. The third-order valence-corrected chi connectivity index (χ3v) is 11.7. The van der Waals surface area contributed by atoms with Crippen LogP contribution in [-0.4, -0.2) is 63.3 Å². The molecule has 0 fully saturated rings. The molecule has 0 saturated carbocycles. The van der Waals surface area contributed by atoms with Gasteiger partial charge in [0.25, 0.3) is 0 Å². The molecule has 10 rings (SSSR count). The molecule has 6 heterocycles. The molecule has 0 aliphatic heterocycles. The Morgan fingerprint density at radius 3 is 1.48 bits per heavy atom. The summed E-state index contributed by atoms with van der Waals surface area (Å²) in [6.07, 6.45) is 7.11. The van der Waals surface area contributed by atoms with Crippen LogP contribution in [0.2, 0.25) is 0 Å². The van der Waals surface area contributed by atoms with Crippen molar-refractivity contribution in [2.45, 2.75) is 12.8 Å². The lowest BCUT2D eigenvalue weighted by molar-refractivity contribution is -0.140. The summed E-state index contributed by atoms with van der Waals surface area (Å²) in [7, 11) is 1.36. The van der Waals surface area contributed by atoms with E-state index in [2.05, 4.69) is 62.0 Å². The SMILES string of the molecule is COC(=O)Cc1ccc(Oc2nc3c(-c4cnc5ccccc5c4)cnn3c(N)c2Br)cc1.Nc1c(Br)c(Oc2ccc(CC(=O)O)cc2)nc2c(-c3cnc4ccccc4c3)cnn12. The maximum atomic E-state index is 11.5. The largest absolute Gasteiger partial charge is 0.481 e. The van der Waals surface area contributed by atoms with Gasteiger partial charge in [-0.25, -0.2) is 0 Å². The highest BCUT2D eigenvalue weighted by atomic mass is 79.9. The number of aliphatic carboxylic acids is 1. The summed E-state index contributed by atoms with van der Waals surface area (Å²) in [4.78, 5) is 40.7. The van der Waals surface area contributed by atoms with E-state index < -0.39 is 5.97 Å². The second-order valence-electron chi connectivity index (χ2n) is 14.5. The Bertz CT molecular complexity index is 3430. The highest BCUT2D eigenvalue weighted by molar-refractivity contribution is 9.11. The average Bonchev–Trinajstić information content (AvgIpc) is 3.95. The van der Waals surface area contributed by atoms with Crippen LogP contribution in [0.15, 0.2) is 143 Å². The Morgan fingerprint density at radius 2 is 1.05 bits per heavy atom. The molecule has 65 heavy (non-hydrogen) atoms. The minimum absolute atomic E-state index is 0.0554. The molecule has 10 aromatic rings. The lowest BCUT2D eigenvalue weighted by Crippen LogP contribution is -2.05. The molecule has 0 spiro atoms. The first-order chi connectivity index (χ1) is 31.5. The maximum Gasteiger partial charge on any atom is 0.309 e. The number of hydrogen-bond donors (Lipinski definition) is 3. The molecule has 0 bridgehead atoms. The number of fused-ring (bicyclic) bond motifs is 4. The van der Waals surface area contributed by atoms with Crippen molar-refractivity contribution < 1.29 is 28.9 Å². The summed E-state index contributed by atoms with van der Waals surface area (Å²) in [6.45, 7) is 0. The summed E-state index contributed by atoms with van der Waals surface area (Å²) in [6, 6.07) is 33.7. The number of halogens is 2. The van der Waals surface area contributed by atoms with Crippen molar-refractivity contribution in [1.29, 1.82) is 0 Å². The van der Waals surface area contributed by atoms with Crippen LogP contribution in [0.3, 0.4) is 0 Å². The van der Waals surface area contributed by atoms with E-state index in [0.29, 0.717) is 54.8 Å². The van der Waals surface area contributed by atoms with E-state index in [0.717, 1.165) is 49.6 Å². The first-order valence-electron chi connectivity index (χ1n) is 19.7. The number of nitrogen functional groups attached to an aromatic ring is 2. The fourth-order valence-electron chi connectivity index (χ4n) is 6.91. The zero-order chi connectivity index (χ0) is 45.2. The number of ether oxygens (including phenoxy) is 3. The van der Waals surface area contributed by atoms with Crippen LogP contribution in [0.25, 0.3) is 55.4 Å². The molecule has 0 atom stereocenters. The number of aromatic nitrogens is 8. The van der Waals surface area contributed by atoms with Gasteiger partial charge in [-0.05, 0) is 91.5 Å². The van der Waals surface area contributed by atoms with E-state index in [1.807, 2.05) is 60.7 Å². The van der Waals surface area contributed by atoms with Crippen LogP contribution in [-0.2, 0) is 27.2 Å². The Balaban J connectivity index is 0.000000164. The first-order valence-corrected chi connectivity index (χ1v) is 21.3. The second kappa shape index (κ2) is 18.0. The monoisotopic (exact) mass is 992 g/mol. The number of benzene rings is 4. The number of carbonyl (C=O) groups is 2. The summed E-state index contributed by atoms with van der Waals surface area (Å²) in [5.41, 5.74) is 20.3. The molecule has 4 aromatic carbocycles. The molecule has 0 saturated heterocycles. The topological polar surface area (TPSA) is 220 Å². The van der Waals surface area contributed by atoms with Crippen molar-refractivity contribution in [1.82, 2.24) is 39.2 Å². The Hall–Kier alpha value is -7.96. The van der Waals surface area contributed by atoms with Gasteiger partial charge in [-0.3, -0.25) is 19.6 Å². The van der Waals surface area contributed by atoms with Gasteiger partial charge < -0.3 is 30.8 Å². The molecule has 0 amide bonds. The first kappa shape index (κ1) is 42.3. The van der Waals surface area contributed by atoms with Gasteiger partial charge in [-0.2, -0.15) is 29.2 Å². The number of anilines is 2. The fourth-order valence-corrected chi connectivity index (χ4v) is 7.59. The van der Waals surface area contributed by atoms with Crippen molar-refractivity contribution in [3.8, 4) is 45.5 Å². The number of carboxylic acid groups (broad SMARTS) is 1. The number of rotatable bonds is 10. The van der Waals surface area contributed by atoms with Crippen LogP contribution in [0, 0.1) is 0 Å². The van der Waals surface area contributed by atoms with Crippen LogP contribution in [0.1, 0.15) is 11.1 Å². The molecule has 6 aromatic heterocycles. The maximum absolute atomic E-state index is 11.5. The van der Waals surface area contributed by atoms with E-state index in [-0.39, 0.29) is 24.7 Å². The predicted molar refractivity (Wildman–Crippen MR) is 252 cm³/mol. The molecule has 0 radical (unpaired) electrons. The van der Waals surface area contributed by atoms with Gasteiger partial charge in [0.15, 0.2) is 11.3 Å². The number of nitrogens with two attached hydrogens (primary N) is 2. The van der Waals surface area contributed by atoms with Crippen molar-refractivity contribution >= 4 is 88.5 Å². The van der Waals surface area contributed by atoms with E-state index in [4.69, 9.17) is 30.8 Å². The summed E-state index contributed by atoms with van der Waals surface area (Å²) in [5, 5.41) is 19.7. The van der Waals surface area contributed by atoms with Gasteiger partial charge in [-0.1, -0.05) is 60.7 Å². The quantitative estimate of drug-likeness (QED) is 0.109. The molecule has 16 nitrogen and oxygen atoms in total. The van der Waals surface area contributed by atoms with Crippen LogP contribution < -0.4 is 20.9 Å². The molecule has 322 valence electrons. The van der Waals surface area contributed by atoms with Crippen LogP contribution in [0.5, 0.6) is 23.3 Å². The lowest BCUT2D eigenvalue weighted by atomic mass is 10.1. The van der Waals surface area contributed by atoms with Gasteiger partial charge >= 0.3 is 11.9 Å². The second-order valence-corrected chi connectivity index (χ2v) is 16.1. The number of para-hydroxylation sites is 2. The van der Waals surface area contributed by atoms with E-state index in [9.17, 15) is 9.59 Å². The molecule has 18 heteroatoms. The van der Waals surface area contributed by atoms with E-state index >= 15 is 0 Å². The summed E-state index contributed by atoms with van der Waals surface area (Å²) in [5.74, 6) is 1.14. The minimum atomic E-state index is -0.891. The highest BCUT2D eigenvalue weighted by Gasteiger charge is 2.20. The number of hydrogen-bond acceptors (Lipinski definition) is 13. The van der Waals surface area contributed by atoms with Crippen molar-refractivity contribution in [2.75, 3.05) is 18.6 Å². The van der Waals surface area contributed by atoms with Gasteiger partial charge in [0.1, 0.15) is 32.1 Å². The average molecular weight is 995 g/mol. The number of carboxylic acids is 1. The Morgan fingerprint density at radius 1 is 0.615 bits per heavy atom. The lowest BCUT2D eigenvalue weighted by Gasteiger charge is -2.11. The number of carbonyl (C=O) groups excluding carboxylic acids is 1. The molecule has 5 N–H and O–H groups in total. The zero-order valence-corrected chi connectivity index (χ0v) is 37.3. The molecule has 0 aliphatic rings. The van der Waals surface area contributed by atoms with Gasteiger partial charge in [-0.15, -0.1) is 0 Å². The molecular formula is C47H34Br2N10O6. The van der Waals surface area contributed by atoms with E-state index in [1.165, 1.54) is 11.6 Å². The van der Waals surface area contributed by atoms with Gasteiger partial charge in [0.05, 0.1) is 43.4 Å². The van der Waals surface area contributed by atoms with Crippen molar-refractivity contribution in [3.63, 3.8) is 0 Å². The molecule has 0 aliphatic carbocycles. The summed E-state index contributed by atoms with van der Waals surface area (Å²) < 4.78 is 20.7. The third kappa shape index (κ3) is 8.84. The predicted octanol–water partition coefficient (Wildman–Crippen LogP) is 9.51. The van der Waals surface area contributed by atoms with Gasteiger partial charge in [0, 0.05) is 45.4 Å². The molecular weight excluding hydrogens is 960 g/mol. The number of nitrogens with zero attached hydrogens (tertiary/aromatic N) is 8. The molecule has 0 unspecified atom stereocenters. The standard InChI is InChI=1S/C24H18BrN5O3.C23H16BrN5O3/c1-32-20(31)10-14-6-8-17(9-7-14)33-24-21(25)22(26)30-23(29-24)18(13-28-30)16-11-15-4-2-3-5-19(15)27-12-16;24-20-21(25)29-22(28-23(20)32-16-7-5-13(6-8-16)9-19(30)31)17(12-27-29)15-10-14-3-1-2-4-18(14)26-11-15/h2-9,11-13H,10,26H2,1H3;1-8,10-12H,9,25H2,(H,30,31). The summed E-state index contributed by atoms with van der Waals surface area (Å²) >= 11 is 6.91. The van der Waals surface area contributed by atoms with Crippen molar-refractivity contribution in [3.05, 3.63) is 154 Å².